The summed E-state index contributed by atoms with van der Waals surface area (Å²) in [6.45, 7) is 12.0. The molecule has 5 heteroatoms. The van der Waals surface area contributed by atoms with Crippen LogP contribution in [0.3, 0.4) is 0 Å². The lowest BCUT2D eigenvalue weighted by molar-refractivity contribution is 0.0101. The van der Waals surface area contributed by atoms with Crippen molar-refractivity contribution in [2.24, 2.45) is 11.3 Å². The zero-order chi connectivity index (χ0) is 15.0. The Morgan fingerprint density at radius 3 is 2.82 bits per heavy atom. The molecule has 5 nitrogen and oxygen atoms in total. The minimum absolute atomic E-state index is 0.305. The highest BCUT2D eigenvalue weighted by molar-refractivity contribution is 5.08. The van der Waals surface area contributed by atoms with E-state index in [0.29, 0.717) is 11.3 Å². The maximum Gasteiger partial charge on any atom is 0.118 e. The van der Waals surface area contributed by atoms with Gasteiger partial charge in [0.1, 0.15) is 11.5 Å². The van der Waals surface area contributed by atoms with Crippen molar-refractivity contribution < 1.29 is 13.9 Å². The van der Waals surface area contributed by atoms with Crippen LogP contribution in [-0.4, -0.2) is 69.0 Å². The van der Waals surface area contributed by atoms with Crippen molar-refractivity contribution in [2.45, 2.75) is 13.5 Å². The second kappa shape index (κ2) is 5.96. The Kier molecular flexibility index (Phi) is 3.98. The monoisotopic (exact) mass is 306 g/mol. The Balaban J connectivity index is 1.42. The van der Waals surface area contributed by atoms with E-state index < -0.39 is 0 Å². The highest BCUT2D eigenvalue weighted by Gasteiger charge is 2.51. The largest absolute Gasteiger partial charge is 0.465 e. The van der Waals surface area contributed by atoms with Crippen LogP contribution in [0.1, 0.15) is 11.5 Å². The Bertz CT molecular complexity index is 512. The van der Waals surface area contributed by atoms with Gasteiger partial charge in [0.15, 0.2) is 0 Å². The van der Waals surface area contributed by atoms with Gasteiger partial charge in [-0.3, -0.25) is 9.80 Å². The Morgan fingerprint density at radius 2 is 2.05 bits per heavy atom. The lowest BCUT2D eigenvalue weighted by atomic mass is 9.80. The molecule has 2 atom stereocenters. The van der Waals surface area contributed by atoms with Gasteiger partial charge in [0, 0.05) is 44.1 Å². The molecule has 0 amide bonds. The molecule has 0 aromatic carbocycles. The first kappa shape index (κ1) is 14.7. The highest BCUT2D eigenvalue weighted by Crippen LogP contribution is 2.42. The highest BCUT2D eigenvalue weighted by atomic mass is 16.5. The van der Waals surface area contributed by atoms with Gasteiger partial charge in [-0.25, -0.2) is 0 Å². The number of hydrogen-bond acceptors (Lipinski definition) is 5. The summed E-state index contributed by atoms with van der Waals surface area (Å²) < 4.78 is 17.1. The van der Waals surface area contributed by atoms with Crippen molar-refractivity contribution in [1.29, 1.82) is 0 Å². The van der Waals surface area contributed by atoms with E-state index in [0.717, 1.165) is 77.2 Å². The van der Waals surface area contributed by atoms with Crippen molar-refractivity contribution in [3.05, 3.63) is 23.7 Å². The van der Waals surface area contributed by atoms with E-state index in [1.807, 2.05) is 6.92 Å². The molecule has 3 aliphatic rings. The second-order valence-corrected chi connectivity index (χ2v) is 7.14. The number of likely N-dealkylation sites (tertiary alicyclic amines) is 1. The van der Waals surface area contributed by atoms with Crippen LogP contribution in [0.15, 0.2) is 16.5 Å². The third-order valence-corrected chi connectivity index (χ3v) is 5.41. The number of aryl methyl sites for hydroxylation is 1. The molecular weight excluding hydrogens is 280 g/mol. The molecule has 1 aromatic rings. The lowest BCUT2D eigenvalue weighted by Crippen LogP contribution is -2.47. The minimum atomic E-state index is 0.305. The third kappa shape index (κ3) is 2.83. The fraction of sp³-hybridized carbons (Fsp3) is 0.765. The lowest BCUT2D eigenvalue weighted by Gasteiger charge is -2.36. The molecule has 3 fully saturated rings. The molecule has 22 heavy (non-hydrogen) atoms. The first-order valence-electron chi connectivity index (χ1n) is 8.39. The summed E-state index contributed by atoms with van der Waals surface area (Å²) in [6, 6.07) is 4.16. The van der Waals surface area contributed by atoms with E-state index in [9.17, 15) is 0 Å². The van der Waals surface area contributed by atoms with E-state index in [4.69, 9.17) is 13.9 Å². The smallest absolute Gasteiger partial charge is 0.118 e. The summed E-state index contributed by atoms with van der Waals surface area (Å²) in [5.41, 5.74) is 0.305. The maximum atomic E-state index is 5.85. The van der Waals surface area contributed by atoms with E-state index in [1.165, 1.54) is 0 Å². The van der Waals surface area contributed by atoms with Gasteiger partial charge in [-0.1, -0.05) is 0 Å². The topological polar surface area (TPSA) is 38.1 Å². The van der Waals surface area contributed by atoms with Crippen LogP contribution in [0, 0.1) is 18.3 Å². The summed E-state index contributed by atoms with van der Waals surface area (Å²) in [4.78, 5) is 5.11. The Hall–Kier alpha value is -0.880. The minimum Gasteiger partial charge on any atom is -0.465 e. The summed E-state index contributed by atoms with van der Waals surface area (Å²) in [7, 11) is 0. The van der Waals surface area contributed by atoms with Crippen LogP contribution in [0.2, 0.25) is 0 Å². The van der Waals surface area contributed by atoms with Crippen LogP contribution in [0.25, 0.3) is 0 Å². The number of ether oxygens (including phenoxy) is 2. The molecule has 0 radical (unpaired) electrons. The van der Waals surface area contributed by atoms with E-state index in [-0.39, 0.29) is 0 Å². The second-order valence-electron chi connectivity index (χ2n) is 7.14. The van der Waals surface area contributed by atoms with Crippen LogP contribution in [0.4, 0.5) is 0 Å². The average molecular weight is 306 g/mol. The standard InChI is InChI=1S/C17H26N2O3/c1-14-2-3-16(22-14)9-19-8-15-10-21-13-17(15,12-19)11-18-4-6-20-7-5-18/h2-3,15H,4-13H2,1H3/t15-,17+/m1/s1. The van der Waals surface area contributed by atoms with Crippen molar-refractivity contribution in [3.63, 3.8) is 0 Å². The van der Waals surface area contributed by atoms with Crippen molar-refractivity contribution in [2.75, 3.05) is 59.2 Å². The van der Waals surface area contributed by atoms with Crippen LogP contribution in [-0.2, 0) is 16.0 Å². The molecule has 0 N–H and O–H groups in total. The Labute approximate surface area is 132 Å². The molecule has 1 aromatic heterocycles. The summed E-state index contributed by atoms with van der Waals surface area (Å²) in [6.07, 6.45) is 0. The van der Waals surface area contributed by atoms with Crippen molar-refractivity contribution >= 4 is 0 Å². The molecule has 0 spiro atoms. The first-order chi connectivity index (χ1) is 10.7. The van der Waals surface area contributed by atoms with Crippen molar-refractivity contribution in [1.82, 2.24) is 9.80 Å². The first-order valence-corrected chi connectivity index (χ1v) is 8.39. The van der Waals surface area contributed by atoms with Gasteiger partial charge >= 0.3 is 0 Å². The van der Waals surface area contributed by atoms with Gasteiger partial charge in [-0.2, -0.15) is 0 Å². The van der Waals surface area contributed by atoms with Gasteiger partial charge in [-0.05, 0) is 19.1 Å². The van der Waals surface area contributed by atoms with Crippen LogP contribution >= 0.6 is 0 Å². The normalized spacial score (nSPS) is 33.4. The van der Waals surface area contributed by atoms with Gasteiger partial charge in [0.25, 0.3) is 0 Å². The predicted octanol–water partition coefficient (Wildman–Crippen LogP) is 1.37. The fourth-order valence-corrected chi connectivity index (χ4v) is 4.28. The molecular formula is C17H26N2O3. The summed E-state index contributed by atoms with van der Waals surface area (Å²) in [5, 5.41) is 0. The van der Waals surface area contributed by atoms with Crippen LogP contribution < -0.4 is 0 Å². The van der Waals surface area contributed by atoms with E-state index in [2.05, 4.69) is 21.9 Å². The van der Waals surface area contributed by atoms with E-state index >= 15 is 0 Å². The zero-order valence-electron chi connectivity index (χ0n) is 13.4. The van der Waals surface area contributed by atoms with Crippen molar-refractivity contribution in [3.8, 4) is 0 Å². The number of morpholine rings is 1. The van der Waals surface area contributed by atoms with Gasteiger partial charge in [-0.15, -0.1) is 0 Å². The maximum absolute atomic E-state index is 5.85. The predicted molar refractivity (Wildman–Crippen MR) is 82.7 cm³/mol. The number of rotatable bonds is 4. The fourth-order valence-electron chi connectivity index (χ4n) is 4.28. The molecule has 4 heterocycles. The molecule has 0 unspecified atom stereocenters. The number of hydrogen-bond donors (Lipinski definition) is 0. The zero-order valence-corrected chi connectivity index (χ0v) is 13.4. The van der Waals surface area contributed by atoms with Gasteiger partial charge < -0.3 is 13.9 Å². The van der Waals surface area contributed by atoms with Gasteiger partial charge in [0.05, 0.1) is 33.0 Å². The molecule has 0 aliphatic carbocycles. The number of nitrogens with zero attached hydrogens (tertiary/aromatic N) is 2. The number of furan rings is 1. The Morgan fingerprint density at radius 1 is 1.18 bits per heavy atom. The summed E-state index contributed by atoms with van der Waals surface area (Å²) in [5.74, 6) is 2.74. The van der Waals surface area contributed by atoms with Gasteiger partial charge in [0.2, 0.25) is 0 Å². The molecule has 4 rings (SSSR count). The average Bonchev–Trinajstić information content (AvgIpc) is 3.15. The molecule has 0 bridgehead atoms. The molecule has 0 saturated carbocycles. The quantitative estimate of drug-likeness (QED) is 0.840. The molecule has 3 saturated heterocycles. The van der Waals surface area contributed by atoms with E-state index in [1.54, 1.807) is 0 Å². The third-order valence-electron chi connectivity index (χ3n) is 5.41. The molecule has 3 aliphatic heterocycles. The SMILES string of the molecule is Cc1ccc(CN2C[C@@H]3COC[C@]3(CN3CCOCC3)C2)o1. The molecule has 122 valence electrons. The van der Waals surface area contributed by atoms with Crippen LogP contribution in [0.5, 0.6) is 0 Å². The summed E-state index contributed by atoms with van der Waals surface area (Å²) >= 11 is 0. The number of fused-ring (bicyclic) bond motifs is 1.